The van der Waals surface area contributed by atoms with Crippen molar-refractivity contribution in [2.75, 3.05) is 0 Å². The first-order valence-electron chi connectivity index (χ1n) is 5.30. The first kappa shape index (κ1) is 10.5. The number of hydrogen-bond donors (Lipinski definition) is 0. The zero-order chi connectivity index (χ0) is 11.4. The summed E-state index contributed by atoms with van der Waals surface area (Å²) in [4.78, 5) is 15.0. The van der Waals surface area contributed by atoms with Crippen LogP contribution in [0.2, 0.25) is 0 Å². The maximum Gasteiger partial charge on any atom is 0.191 e. The van der Waals surface area contributed by atoms with Gasteiger partial charge in [0.05, 0.1) is 0 Å². The van der Waals surface area contributed by atoms with Crippen LogP contribution < -0.4 is 0 Å². The van der Waals surface area contributed by atoms with E-state index >= 15 is 0 Å². The molecule has 0 aliphatic rings. The van der Waals surface area contributed by atoms with Gasteiger partial charge in [0, 0.05) is 12.1 Å². The van der Waals surface area contributed by atoms with Gasteiger partial charge in [0.1, 0.15) is 0 Å². The molecular weight excluding hydrogens is 202 g/mol. The summed E-state index contributed by atoms with van der Waals surface area (Å²) < 4.78 is 1.65. The molecule has 82 valence electrons. The number of nitrogens with zero attached hydrogens (tertiary/aromatic N) is 3. The lowest BCUT2D eigenvalue weighted by molar-refractivity contribution is 0.111. The standard InChI is InChI=1S/C12H13N3O/c1-2-8-15-11(9-16)13-12(14-15)10-6-4-3-5-7-10/h3-7,9H,2,8H2,1H3. The molecule has 1 aromatic heterocycles. The average molecular weight is 215 g/mol. The van der Waals surface area contributed by atoms with E-state index in [1.54, 1.807) is 4.68 Å². The Morgan fingerprint density at radius 1 is 1.31 bits per heavy atom. The van der Waals surface area contributed by atoms with Crippen LogP contribution in [0.25, 0.3) is 11.4 Å². The van der Waals surface area contributed by atoms with Crippen molar-refractivity contribution < 1.29 is 4.79 Å². The lowest BCUT2D eigenvalue weighted by Gasteiger charge is -1.96. The quantitative estimate of drug-likeness (QED) is 0.734. The van der Waals surface area contributed by atoms with Gasteiger partial charge in [0.15, 0.2) is 17.9 Å². The minimum Gasteiger partial charge on any atom is -0.294 e. The van der Waals surface area contributed by atoms with Gasteiger partial charge in [-0.05, 0) is 6.42 Å². The predicted octanol–water partition coefficient (Wildman–Crippen LogP) is 2.17. The second-order valence-electron chi connectivity index (χ2n) is 3.50. The maximum absolute atomic E-state index is 10.8. The monoisotopic (exact) mass is 215 g/mol. The van der Waals surface area contributed by atoms with Crippen molar-refractivity contribution in [1.82, 2.24) is 14.8 Å². The summed E-state index contributed by atoms with van der Waals surface area (Å²) in [6.07, 6.45) is 1.67. The van der Waals surface area contributed by atoms with Gasteiger partial charge < -0.3 is 0 Å². The Balaban J connectivity index is 2.40. The minimum absolute atomic E-state index is 0.390. The fourth-order valence-corrected chi connectivity index (χ4v) is 1.53. The van der Waals surface area contributed by atoms with Gasteiger partial charge in [-0.3, -0.25) is 4.79 Å². The third kappa shape index (κ3) is 2.00. The Morgan fingerprint density at radius 3 is 2.69 bits per heavy atom. The van der Waals surface area contributed by atoms with E-state index in [-0.39, 0.29) is 0 Å². The van der Waals surface area contributed by atoms with E-state index in [0.717, 1.165) is 18.3 Å². The summed E-state index contributed by atoms with van der Waals surface area (Å²) in [5, 5.41) is 4.32. The second kappa shape index (κ2) is 4.70. The smallest absolute Gasteiger partial charge is 0.191 e. The van der Waals surface area contributed by atoms with Crippen molar-refractivity contribution in [1.29, 1.82) is 0 Å². The van der Waals surface area contributed by atoms with E-state index in [9.17, 15) is 4.79 Å². The lowest BCUT2D eigenvalue weighted by atomic mass is 10.2. The Hall–Kier alpha value is -1.97. The third-order valence-electron chi connectivity index (χ3n) is 2.27. The Labute approximate surface area is 93.9 Å². The van der Waals surface area contributed by atoms with Crippen molar-refractivity contribution >= 4 is 6.29 Å². The molecule has 0 bridgehead atoms. The summed E-state index contributed by atoms with van der Waals surface area (Å²) in [5.74, 6) is 0.997. The van der Waals surface area contributed by atoms with Gasteiger partial charge >= 0.3 is 0 Å². The number of aldehydes is 1. The number of rotatable bonds is 4. The van der Waals surface area contributed by atoms with Gasteiger partial charge in [-0.25, -0.2) is 9.67 Å². The number of hydrogen-bond acceptors (Lipinski definition) is 3. The molecule has 4 nitrogen and oxygen atoms in total. The molecule has 2 rings (SSSR count). The molecule has 0 atom stereocenters. The van der Waals surface area contributed by atoms with Crippen molar-refractivity contribution in [3.05, 3.63) is 36.2 Å². The highest BCUT2D eigenvalue weighted by molar-refractivity contribution is 5.70. The lowest BCUT2D eigenvalue weighted by Crippen LogP contribution is -2.03. The SMILES string of the molecule is CCCn1nc(-c2ccccc2)nc1C=O. The molecule has 16 heavy (non-hydrogen) atoms. The summed E-state index contributed by atoms with van der Waals surface area (Å²) in [7, 11) is 0. The molecular formula is C12H13N3O. The minimum atomic E-state index is 0.390. The number of carbonyl (C=O) groups is 1. The number of benzene rings is 1. The van der Waals surface area contributed by atoms with Crippen LogP contribution in [-0.2, 0) is 6.54 Å². The maximum atomic E-state index is 10.8. The summed E-state index contributed by atoms with van der Waals surface area (Å²) in [6.45, 7) is 2.76. The number of aromatic nitrogens is 3. The van der Waals surface area contributed by atoms with E-state index in [2.05, 4.69) is 10.1 Å². The van der Waals surface area contributed by atoms with Crippen molar-refractivity contribution in [3.63, 3.8) is 0 Å². The van der Waals surface area contributed by atoms with Gasteiger partial charge in [0.25, 0.3) is 0 Å². The van der Waals surface area contributed by atoms with Gasteiger partial charge in [-0.15, -0.1) is 0 Å². The first-order chi connectivity index (χ1) is 7.85. The largest absolute Gasteiger partial charge is 0.294 e. The highest BCUT2D eigenvalue weighted by Gasteiger charge is 2.09. The molecule has 0 aliphatic carbocycles. The molecule has 0 saturated heterocycles. The molecule has 0 spiro atoms. The summed E-state index contributed by atoms with van der Waals surface area (Å²) in [6, 6.07) is 9.65. The fraction of sp³-hybridized carbons (Fsp3) is 0.250. The molecule has 1 heterocycles. The van der Waals surface area contributed by atoms with Crippen LogP contribution in [0, 0.1) is 0 Å². The summed E-state index contributed by atoms with van der Waals surface area (Å²) >= 11 is 0. The Kier molecular flexibility index (Phi) is 3.10. The molecule has 0 radical (unpaired) electrons. The molecule has 0 aliphatic heterocycles. The van der Waals surface area contributed by atoms with Crippen LogP contribution in [-0.4, -0.2) is 21.1 Å². The van der Waals surface area contributed by atoms with Crippen LogP contribution in [0.5, 0.6) is 0 Å². The molecule has 1 aromatic carbocycles. The molecule has 0 N–H and O–H groups in total. The second-order valence-corrected chi connectivity index (χ2v) is 3.50. The van der Waals surface area contributed by atoms with Crippen LogP contribution in [0.3, 0.4) is 0 Å². The van der Waals surface area contributed by atoms with E-state index in [0.29, 0.717) is 18.2 Å². The fourth-order valence-electron chi connectivity index (χ4n) is 1.53. The Morgan fingerprint density at radius 2 is 2.06 bits per heavy atom. The van der Waals surface area contributed by atoms with E-state index in [1.807, 2.05) is 37.3 Å². The third-order valence-corrected chi connectivity index (χ3v) is 2.27. The van der Waals surface area contributed by atoms with E-state index in [4.69, 9.17) is 0 Å². The molecule has 2 aromatic rings. The van der Waals surface area contributed by atoms with Crippen molar-refractivity contribution in [2.24, 2.45) is 0 Å². The van der Waals surface area contributed by atoms with Gasteiger partial charge in [0.2, 0.25) is 0 Å². The molecule has 0 amide bonds. The van der Waals surface area contributed by atoms with Crippen molar-refractivity contribution in [3.8, 4) is 11.4 Å². The average Bonchev–Trinajstić information content (AvgIpc) is 2.74. The molecule has 0 saturated carbocycles. The van der Waals surface area contributed by atoms with E-state index in [1.165, 1.54) is 0 Å². The van der Waals surface area contributed by atoms with Gasteiger partial charge in [-0.2, -0.15) is 5.10 Å². The van der Waals surface area contributed by atoms with Crippen molar-refractivity contribution in [2.45, 2.75) is 19.9 Å². The van der Waals surface area contributed by atoms with Crippen LogP contribution in [0.15, 0.2) is 30.3 Å². The predicted molar refractivity (Wildman–Crippen MR) is 61.1 cm³/mol. The summed E-state index contributed by atoms with van der Waals surface area (Å²) in [5.41, 5.74) is 0.931. The van der Waals surface area contributed by atoms with E-state index < -0.39 is 0 Å². The first-order valence-corrected chi connectivity index (χ1v) is 5.30. The van der Waals surface area contributed by atoms with Crippen LogP contribution in [0.1, 0.15) is 24.0 Å². The molecule has 0 unspecified atom stereocenters. The topological polar surface area (TPSA) is 47.8 Å². The zero-order valence-electron chi connectivity index (χ0n) is 9.13. The van der Waals surface area contributed by atoms with Gasteiger partial charge in [-0.1, -0.05) is 37.3 Å². The Bertz CT molecular complexity index is 476. The highest BCUT2D eigenvalue weighted by atomic mass is 16.1. The van der Waals surface area contributed by atoms with Crippen LogP contribution in [0.4, 0.5) is 0 Å². The number of aryl methyl sites for hydroxylation is 1. The normalized spacial score (nSPS) is 10.3. The molecule has 4 heteroatoms. The zero-order valence-corrected chi connectivity index (χ0v) is 9.13. The molecule has 0 fully saturated rings. The highest BCUT2D eigenvalue weighted by Crippen LogP contribution is 2.14. The van der Waals surface area contributed by atoms with Crippen LogP contribution >= 0.6 is 0 Å². The number of carbonyl (C=O) groups excluding carboxylic acids is 1.